The Hall–Kier alpha value is -3.96. The molecule has 0 saturated carbocycles. The lowest BCUT2D eigenvalue weighted by Gasteiger charge is -2.19. The molecule has 2 N–H and O–H groups in total. The van der Waals surface area contributed by atoms with E-state index in [2.05, 4.69) is 10.6 Å². The van der Waals surface area contributed by atoms with Crippen LogP contribution in [0.15, 0.2) is 82.3 Å². The number of nitrogens with one attached hydrogen (secondary N) is 2. The fraction of sp³-hybridized carbons (Fsp3) is 0.208. The van der Waals surface area contributed by atoms with E-state index < -0.39 is 40.0 Å². The zero-order valence-electron chi connectivity index (χ0n) is 19.1. The summed E-state index contributed by atoms with van der Waals surface area (Å²) in [6.45, 7) is 1.20. The number of benzene rings is 2. The molecule has 1 fully saturated rings. The standard InChI is InChI=1S/C24H24N4O6S/c1-24(20-9-6-14-34-20)22(30)28(23(31)26-24)16-21(29)25-18-10-12-19(13-11-18)35(32,33)27(2)15-17-7-4-3-5-8-17/h3-14H,15-16H2,1-2H3,(H,25,29)(H,26,31)/t24-/m0/s1. The van der Waals surface area contributed by atoms with Crippen LogP contribution in [0, 0.1) is 0 Å². The molecule has 35 heavy (non-hydrogen) atoms. The van der Waals surface area contributed by atoms with E-state index in [1.54, 1.807) is 12.1 Å². The lowest BCUT2D eigenvalue weighted by atomic mass is 9.99. The maximum atomic E-state index is 12.9. The van der Waals surface area contributed by atoms with Gasteiger partial charge in [0.05, 0.1) is 11.2 Å². The molecule has 4 amide bonds. The van der Waals surface area contributed by atoms with Gasteiger partial charge in [-0.1, -0.05) is 30.3 Å². The minimum absolute atomic E-state index is 0.0669. The first-order valence-corrected chi connectivity index (χ1v) is 12.1. The number of amides is 4. The van der Waals surface area contributed by atoms with Gasteiger partial charge in [0.1, 0.15) is 12.3 Å². The van der Waals surface area contributed by atoms with Crippen molar-refractivity contribution in [2.45, 2.75) is 23.9 Å². The molecule has 0 unspecified atom stereocenters. The van der Waals surface area contributed by atoms with E-state index in [9.17, 15) is 22.8 Å². The molecule has 3 aromatic rings. The Morgan fingerprint density at radius 3 is 2.37 bits per heavy atom. The number of anilines is 1. The first-order valence-electron chi connectivity index (χ1n) is 10.7. The van der Waals surface area contributed by atoms with Crippen LogP contribution in [0.5, 0.6) is 0 Å². The Labute approximate surface area is 202 Å². The molecule has 10 nitrogen and oxygen atoms in total. The highest BCUT2D eigenvalue weighted by atomic mass is 32.2. The summed E-state index contributed by atoms with van der Waals surface area (Å²) in [7, 11) is -2.25. The molecule has 2 heterocycles. The van der Waals surface area contributed by atoms with Gasteiger partial charge in [-0.25, -0.2) is 13.2 Å². The summed E-state index contributed by atoms with van der Waals surface area (Å²) in [5, 5.41) is 5.12. The quantitative estimate of drug-likeness (QED) is 0.461. The molecular weight excluding hydrogens is 472 g/mol. The number of hydrogen-bond donors (Lipinski definition) is 2. The minimum Gasteiger partial charge on any atom is -0.466 e. The third-order valence-electron chi connectivity index (χ3n) is 5.68. The summed E-state index contributed by atoms with van der Waals surface area (Å²) in [6.07, 6.45) is 1.39. The fourth-order valence-corrected chi connectivity index (χ4v) is 4.89. The number of imide groups is 1. The van der Waals surface area contributed by atoms with E-state index in [0.717, 1.165) is 10.5 Å². The molecule has 11 heteroatoms. The van der Waals surface area contributed by atoms with Gasteiger partial charge in [0, 0.05) is 19.3 Å². The molecule has 182 valence electrons. The molecule has 0 bridgehead atoms. The van der Waals surface area contributed by atoms with Gasteiger partial charge < -0.3 is 15.1 Å². The molecular formula is C24H24N4O6S. The number of nitrogens with zero attached hydrogens (tertiary/aromatic N) is 2. The van der Waals surface area contributed by atoms with Crippen molar-refractivity contribution in [3.63, 3.8) is 0 Å². The van der Waals surface area contributed by atoms with Gasteiger partial charge in [-0.3, -0.25) is 14.5 Å². The Bertz CT molecular complexity index is 1340. The monoisotopic (exact) mass is 496 g/mol. The van der Waals surface area contributed by atoms with Crippen molar-refractivity contribution in [2.75, 3.05) is 18.9 Å². The second kappa shape index (κ2) is 9.35. The van der Waals surface area contributed by atoms with Gasteiger partial charge >= 0.3 is 6.03 Å². The van der Waals surface area contributed by atoms with E-state index >= 15 is 0 Å². The predicted molar refractivity (Wildman–Crippen MR) is 126 cm³/mol. The van der Waals surface area contributed by atoms with Crippen molar-refractivity contribution < 1.29 is 27.2 Å². The highest BCUT2D eigenvalue weighted by Gasteiger charge is 2.51. The number of rotatable bonds is 8. The first-order chi connectivity index (χ1) is 16.6. The maximum absolute atomic E-state index is 12.9. The highest BCUT2D eigenvalue weighted by Crippen LogP contribution is 2.29. The molecule has 2 aromatic carbocycles. The smallest absolute Gasteiger partial charge is 0.325 e. The zero-order valence-corrected chi connectivity index (χ0v) is 19.9. The molecule has 1 atom stereocenters. The van der Waals surface area contributed by atoms with Crippen LogP contribution < -0.4 is 10.6 Å². The summed E-state index contributed by atoms with van der Waals surface area (Å²) in [5.74, 6) is -0.975. The van der Waals surface area contributed by atoms with E-state index in [0.29, 0.717) is 5.69 Å². The van der Waals surface area contributed by atoms with Crippen LogP contribution in [0.25, 0.3) is 0 Å². The van der Waals surface area contributed by atoms with Crippen LogP contribution in [0.2, 0.25) is 0 Å². The lowest BCUT2D eigenvalue weighted by Crippen LogP contribution is -2.41. The van der Waals surface area contributed by atoms with Gasteiger partial charge in [0.15, 0.2) is 5.54 Å². The number of carbonyl (C=O) groups is 3. The zero-order chi connectivity index (χ0) is 25.2. The topological polar surface area (TPSA) is 129 Å². The van der Waals surface area contributed by atoms with Gasteiger partial charge in [0.2, 0.25) is 15.9 Å². The van der Waals surface area contributed by atoms with Crippen LogP contribution in [-0.2, 0) is 31.7 Å². The van der Waals surface area contributed by atoms with Crippen molar-refractivity contribution in [3.8, 4) is 0 Å². The van der Waals surface area contributed by atoms with Crippen LogP contribution in [0.1, 0.15) is 18.2 Å². The Morgan fingerprint density at radius 1 is 1.06 bits per heavy atom. The van der Waals surface area contributed by atoms with Gasteiger partial charge in [0.25, 0.3) is 5.91 Å². The van der Waals surface area contributed by atoms with Gasteiger partial charge in [-0.15, -0.1) is 0 Å². The number of sulfonamides is 1. The molecule has 0 radical (unpaired) electrons. The van der Waals surface area contributed by atoms with Crippen LogP contribution >= 0.6 is 0 Å². The second-order valence-corrected chi connectivity index (χ2v) is 10.3. The van der Waals surface area contributed by atoms with Crippen molar-refractivity contribution in [1.29, 1.82) is 0 Å². The van der Waals surface area contributed by atoms with Crippen LogP contribution in [0.4, 0.5) is 10.5 Å². The normalized spacial score (nSPS) is 18.1. The van der Waals surface area contributed by atoms with Crippen LogP contribution in [0.3, 0.4) is 0 Å². The first kappa shape index (κ1) is 24.2. The number of carbonyl (C=O) groups excluding carboxylic acids is 3. The van der Waals surface area contributed by atoms with Crippen molar-refractivity contribution in [3.05, 3.63) is 84.3 Å². The average Bonchev–Trinajstić information content (AvgIpc) is 3.45. The molecule has 1 saturated heterocycles. The summed E-state index contributed by atoms with van der Waals surface area (Å²) < 4.78 is 32.2. The third-order valence-corrected chi connectivity index (χ3v) is 7.50. The summed E-state index contributed by atoms with van der Waals surface area (Å²) >= 11 is 0. The molecule has 4 rings (SSSR count). The maximum Gasteiger partial charge on any atom is 0.325 e. The minimum atomic E-state index is -3.74. The Balaban J connectivity index is 1.39. The van der Waals surface area contributed by atoms with E-state index in [4.69, 9.17) is 4.42 Å². The fourth-order valence-electron chi connectivity index (χ4n) is 3.73. The molecule has 0 spiro atoms. The molecule has 1 aliphatic heterocycles. The number of furan rings is 1. The highest BCUT2D eigenvalue weighted by molar-refractivity contribution is 7.89. The SMILES string of the molecule is CN(Cc1ccccc1)S(=O)(=O)c1ccc(NC(=O)CN2C(=O)N[C@@](C)(c3ccco3)C2=O)cc1. The average molecular weight is 497 g/mol. The second-order valence-electron chi connectivity index (χ2n) is 8.24. The predicted octanol–water partition coefficient (Wildman–Crippen LogP) is 2.51. The summed E-state index contributed by atoms with van der Waals surface area (Å²) in [5.41, 5.74) is -0.227. The third kappa shape index (κ3) is 4.81. The van der Waals surface area contributed by atoms with Crippen molar-refractivity contribution >= 4 is 33.6 Å². The summed E-state index contributed by atoms with van der Waals surface area (Å²) in [4.78, 5) is 38.5. The van der Waals surface area contributed by atoms with E-state index in [1.165, 1.54) is 48.8 Å². The molecule has 0 aliphatic carbocycles. The van der Waals surface area contributed by atoms with Crippen molar-refractivity contribution in [2.24, 2.45) is 0 Å². The lowest BCUT2D eigenvalue weighted by molar-refractivity contribution is -0.134. The number of hydrogen-bond acceptors (Lipinski definition) is 6. The number of urea groups is 1. The largest absolute Gasteiger partial charge is 0.466 e. The van der Waals surface area contributed by atoms with Crippen LogP contribution in [-0.4, -0.2) is 49.1 Å². The molecule has 1 aliphatic rings. The van der Waals surface area contributed by atoms with Gasteiger partial charge in [-0.05, 0) is 48.9 Å². The van der Waals surface area contributed by atoms with E-state index in [-0.39, 0.29) is 17.2 Å². The molecule has 1 aromatic heterocycles. The Morgan fingerprint density at radius 2 is 1.74 bits per heavy atom. The summed E-state index contributed by atoms with van der Waals surface area (Å²) in [6, 6.07) is 17.3. The van der Waals surface area contributed by atoms with Crippen molar-refractivity contribution in [1.82, 2.24) is 14.5 Å². The van der Waals surface area contributed by atoms with E-state index in [1.807, 2.05) is 30.3 Å². The Kier molecular flexibility index (Phi) is 6.46. The van der Waals surface area contributed by atoms with Gasteiger partial charge in [-0.2, -0.15) is 4.31 Å².